The molecule has 0 aliphatic rings. The minimum atomic E-state index is 0.210. The van der Waals surface area contributed by atoms with Crippen molar-refractivity contribution in [2.45, 2.75) is 19.5 Å². The summed E-state index contributed by atoms with van der Waals surface area (Å²) in [6.45, 7) is 3.03. The summed E-state index contributed by atoms with van der Waals surface area (Å²) < 4.78 is 0. The molecule has 0 amide bonds. The molecular formula is C21H21N. The van der Waals surface area contributed by atoms with Crippen LogP contribution in [-0.4, -0.2) is 0 Å². The second kappa shape index (κ2) is 7.06. The van der Waals surface area contributed by atoms with Crippen LogP contribution in [0, 0.1) is 6.92 Å². The number of rotatable bonds is 5. The van der Waals surface area contributed by atoms with E-state index in [-0.39, 0.29) is 6.04 Å². The summed E-state index contributed by atoms with van der Waals surface area (Å²) >= 11 is 0. The molecule has 22 heavy (non-hydrogen) atoms. The zero-order valence-corrected chi connectivity index (χ0v) is 12.9. The Kier molecular flexibility index (Phi) is 4.67. The molecule has 1 nitrogen and oxygen atoms in total. The Bertz CT molecular complexity index is 665. The maximum atomic E-state index is 3.71. The molecule has 0 aromatic heterocycles. The molecular weight excluding hydrogens is 266 g/mol. The van der Waals surface area contributed by atoms with Crippen LogP contribution in [0.4, 0.5) is 0 Å². The molecule has 3 rings (SSSR count). The van der Waals surface area contributed by atoms with E-state index in [9.17, 15) is 0 Å². The van der Waals surface area contributed by atoms with Crippen molar-refractivity contribution in [3.63, 3.8) is 0 Å². The summed E-state index contributed by atoms with van der Waals surface area (Å²) in [4.78, 5) is 0. The van der Waals surface area contributed by atoms with Crippen LogP contribution in [0.2, 0.25) is 0 Å². The fourth-order valence-electron chi connectivity index (χ4n) is 2.74. The van der Waals surface area contributed by atoms with Crippen molar-refractivity contribution in [2.24, 2.45) is 0 Å². The normalized spacial score (nSPS) is 10.8. The predicted molar refractivity (Wildman–Crippen MR) is 92.7 cm³/mol. The molecule has 0 fully saturated rings. The molecule has 0 unspecified atom stereocenters. The van der Waals surface area contributed by atoms with E-state index in [1.165, 1.54) is 22.3 Å². The Morgan fingerprint density at radius 3 is 1.73 bits per heavy atom. The molecule has 3 aromatic rings. The van der Waals surface area contributed by atoms with E-state index in [4.69, 9.17) is 0 Å². The average molecular weight is 287 g/mol. The van der Waals surface area contributed by atoms with Crippen LogP contribution >= 0.6 is 0 Å². The Balaban J connectivity index is 1.85. The zero-order chi connectivity index (χ0) is 15.2. The Morgan fingerprint density at radius 1 is 0.682 bits per heavy atom. The Hall–Kier alpha value is -2.38. The summed E-state index contributed by atoms with van der Waals surface area (Å²) in [6.07, 6.45) is 0. The highest BCUT2D eigenvalue weighted by atomic mass is 14.9. The molecule has 0 atom stereocenters. The SMILES string of the molecule is Cc1ccccc1CNC(c1ccccc1)c1ccccc1. The zero-order valence-electron chi connectivity index (χ0n) is 12.9. The molecule has 0 saturated heterocycles. The molecule has 3 aromatic carbocycles. The lowest BCUT2D eigenvalue weighted by atomic mass is 9.98. The fraction of sp³-hybridized carbons (Fsp3) is 0.143. The lowest BCUT2D eigenvalue weighted by Crippen LogP contribution is -2.22. The van der Waals surface area contributed by atoms with Crippen molar-refractivity contribution in [3.8, 4) is 0 Å². The monoisotopic (exact) mass is 287 g/mol. The number of nitrogens with one attached hydrogen (secondary N) is 1. The first-order valence-electron chi connectivity index (χ1n) is 7.72. The van der Waals surface area contributed by atoms with Crippen LogP contribution in [0.5, 0.6) is 0 Å². The van der Waals surface area contributed by atoms with Crippen LogP contribution in [0.25, 0.3) is 0 Å². The summed E-state index contributed by atoms with van der Waals surface area (Å²) in [5, 5.41) is 3.71. The first-order chi connectivity index (χ1) is 10.8. The van der Waals surface area contributed by atoms with Gasteiger partial charge in [-0.3, -0.25) is 0 Å². The quantitative estimate of drug-likeness (QED) is 0.705. The highest BCUT2D eigenvalue weighted by Gasteiger charge is 2.13. The van der Waals surface area contributed by atoms with E-state index >= 15 is 0 Å². The van der Waals surface area contributed by atoms with Gasteiger partial charge < -0.3 is 5.32 Å². The summed E-state index contributed by atoms with van der Waals surface area (Å²) in [7, 11) is 0. The van der Waals surface area contributed by atoms with Crippen LogP contribution in [-0.2, 0) is 6.54 Å². The van der Waals surface area contributed by atoms with Crippen LogP contribution in [0.1, 0.15) is 28.3 Å². The van der Waals surface area contributed by atoms with Crippen LogP contribution in [0.3, 0.4) is 0 Å². The molecule has 0 radical (unpaired) electrons. The van der Waals surface area contributed by atoms with Gasteiger partial charge in [-0.2, -0.15) is 0 Å². The number of aryl methyl sites for hydroxylation is 1. The third-order valence-electron chi connectivity index (χ3n) is 4.02. The minimum absolute atomic E-state index is 0.210. The van der Waals surface area contributed by atoms with E-state index in [1.807, 2.05) is 0 Å². The van der Waals surface area contributed by atoms with Crippen molar-refractivity contribution >= 4 is 0 Å². The van der Waals surface area contributed by atoms with Crippen LogP contribution in [0.15, 0.2) is 84.9 Å². The molecule has 0 saturated carbocycles. The molecule has 0 aliphatic heterocycles. The van der Waals surface area contributed by atoms with Gasteiger partial charge in [0.1, 0.15) is 0 Å². The molecule has 0 aliphatic carbocycles. The Morgan fingerprint density at radius 2 is 1.18 bits per heavy atom. The molecule has 0 heterocycles. The van der Waals surface area contributed by atoms with E-state index in [2.05, 4.69) is 97.2 Å². The highest BCUT2D eigenvalue weighted by Crippen LogP contribution is 2.22. The number of benzene rings is 3. The Labute approximate surface area is 132 Å². The molecule has 110 valence electrons. The second-order valence-electron chi connectivity index (χ2n) is 5.56. The van der Waals surface area contributed by atoms with E-state index < -0.39 is 0 Å². The molecule has 1 N–H and O–H groups in total. The van der Waals surface area contributed by atoms with E-state index in [0.29, 0.717) is 0 Å². The van der Waals surface area contributed by atoms with E-state index in [0.717, 1.165) is 6.54 Å². The van der Waals surface area contributed by atoms with Gasteiger partial charge in [0, 0.05) is 6.54 Å². The summed E-state index contributed by atoms with van der Waals surface area (Å²) in [5.41, 5.74) is 5.26. The van der Waals surface area contributed by atoms with E-state index in [1.54, 1.807) is 0 Å². The lowest BCUT2D eigenvalue weighted by Gasteiger charge is -2.20. The van der Waals surface area contributed by atoms with Crippen molar-refractivity contribution in [1.29, 1.82) is 0 Å². The largest absolute Gasteiger partial charge is 0.302 e. The standard InChI is InChI=1S/C21H21N/c1-17-10-8-9-15-20(17)16-22-21(18-11-4-2-5-12-18)19-13-6-3-7-14-19/h2-15,21-22H,16H2,1H3. The van der Waals surface area contributed by atoms with Crippen molar-refractivity contribution < 1.29 is 0 Å². The van der Waals surface area contributed by atoms with Gasteiger partial charge in [0.15, 0.2) is 0 Å². The van der Waals surface area contributed by atoms with Gasteiger partial charge in [-0.1, -0.05) is 84.9 Å². The average Bonchev–Trinajstić information content (AvgIpc) is 2.59. The highest BCUT2D eigenvalue weighted by molar-refractivity contribution is 5.32. The first kappa shape index (κ1) is 14.6. The third kappa shape index (κ3) is 3.44. The summed E-state index contributed by atoms with van der Waals surface area (Å²) in [5.74, 6) is 0. The predicted octanol–water partition coefficient (Wildman–Crippen LogP) is 4.87. The maximum absolute atomic E-state index is 3.71. The topological polar surface area (TPSA) is 12.0 Å². The first-order valence-corrected chi connectivity index (χ1v) is 7.72. The van der Waals surface area contributed by atoms with Gasteiger partial charge >= 0.3 is 0 Å². The van der Waals surface area contributed by atoms with Gasteiger partial charge in [-0.15, -0.1) is 0 Å². The third-order valence-corrected chi connectivity index (χ3v) is 4.02. The minimum Gasteiger partial charge on any atom is -0.302 e. The van der Waals surface area contributed by atoms with Crippen molar-refractivity contribution in [3.05, 3.63) is 107 Å². The molecule has 1 heteroatoms. The maximum Gasteiger partial charge on any atom is 0.0579 e. The van der Waals surface area contributed by atoms with Gasteiger partial charge in [-0.05, 0) is 29.2 Å². The molecule has 0 spiro atoms. The smallest absolute Gasteiger partial charge is 0.0579 e. The second-order valence-corrected chi connectivity index (χ2v) is 5.56. The van der Waals surface area contributed by atoms with Crippen molar-refractivity contribution in [1.82, 2.24) is 5.32 Å². The van der Waals surface area contributed by atoms with Gasteiger partial charge in [0.2, 0.25) is 0 Å². The number of hydrogen-bond donors (Lipinski definition) is 1. The molecule has 0 bridgehead atoms. The fourth-order valence-corrected chi connectivity index (χ4v) is 2.74. The van der Waals surface area contributed by atoms with Gasteiger partial charge in [0.05, 0.1) is 6.04 Å². The van der Waals surface area contributed by atoms with Crippen LogP contribution < -0.4 is 5.32 Å². The summed E-state index contributed by atoms with van der Waals surface area (Å²) in [6, 6.07) is 30.0. The van der Waals surface area contributed by atoms with Gasteiger partial charge in [-0.25, -0.2) is 0 Å². The van der Waals surface area contributed by atoms with Gasteiger partial charge in [0.25, 0.3) is 0 Å². The number of hydrogen-bond acceptors (Lipinski definition) is 1. The lowest BCUT2D eigenvalue weighted by molar-refractivity contribution is 0.603. The van der Waals surface area contributed by atoms with Crippen molar-refractivity contribution in [2.75, 3.05) is 0 Å².